The Balaban J connectivity index is 2.60. The molecule has 0 spiro atoms. The molecule has 14 heavy (non-hydrogen) atoms. The van der Waals surface area contributed by atoms with Crippen LogP contribution < -0.4 is 0 Å². The summed E-state index contributed by atoms with van der Waals surface area (Å²) in [6.45, 7) is 2.10. The standard InChI is InChI=1S/C9H9ClN2O2/c1-2-14-9(13)4-3-7-5-12-8(10)6-11-7/h3-6H,2H2,1H3. The molecule has 1 heterocycles. The van der Waals surface area contributed by atoms with Gasteiger partial charge in [-0.15, -0.1) is 0 Å². The molecule has 0 saturated heterocycles. The molecule has 74 valence electrons. The van der Waals surface area contributed by atoms with E-state index in [9.17, 15) is 4.79 Å². The Morgan fingerprint density at radius 1 is 1.57 bits per heavy atom. The molecule has 0 aromatic carbocycles. The number of ether oxygens (including phenoxy) is 1. The molecular weight excluding hydrogens is 204 g/mol. The van der Waals surface area contributed by atoms with Crippen LogP contribution in [0.25, 0.3) is 6.08 Å². The monoisotopic (exact) mass is 212 g/mol. The van der Waals surface area contributed by atoms with Gasteiger partial charge in [0.05, 0.1) is 24.7 Å². The minimum atomic E-state index is -0.399. The van der Waals surface area contributed by atoms with E-state index in [4.69, 9.17) is 11.6 Å². The predicted octanol–water partition coefficient (Wildman–Crippen LogP) is 1.71. The Hall–Kier alpha value is -1.42. The summed E-state index contributed by atoms with van der Waals surface area (Å²) in [6.07, 6.45) is 5.69. The predicted molar refractivity (Wildman–Crippen MR) is 52.7 cm³/mol. The van der Waals surface area contributed by atoms with E-state index in [2.05, 4.69) is 14.7 Å². The Kier molecular flexibility index (Phi) is 4.07. The van der Waals surface area contributed by atoms with E-state index in [0.29, 0.717) is 17.5 Å². The molecule has 4 nitrogen and oxygen atoms in total. The summed E-state index contributed by atoms with van der Waals surface area (Å²) in [4.78, 5) is 18.6. The van der Waals surface area contributed by atoms with Crippen LogP contribution in [-0.2, 0) is 9.53 Å². The second kappa shape index (κ2) is 5.34. The van der Waals surface area contributed by atoms with E-state index >= 15 is 0 Å². The van der Waals surface area contributed by atoms with Crippen molar-refractivity contribution in [2.75, 3.05) is 6.61 Å². The maximum absolute atomic E-state index is 10.9. The number of carbonyl (C=O) groups excluding carboxylic acids is 1. The summed E-state index contributed by atoms with van der Waals surface area (Å²) in [5, 5.41) is 0.318. The Bertz CT molecular complexity index is 335. The fourth-order valence-corrected chi connectivity index (χ4v) is 0.850. The van der Waals surface area contributed by atoms with E-state index in [1.807, 2.05) is 0 Å². The first-order chi connectivity index (χ1) is 6.72. The summed E-state index contributed by atoms with van der Waals surface area (Å²) in [6, 6.07) is 0. The first kappa shape index (κ1) is 10.7. The third-order valence-corrected chi connectivity index (χ3v) is 1.51. The fourth-order valence-electron chi connectivity index (χ4n) is 0.752. The van der Waals surface area contributed by atoms with Gasteiger partial charge in [0.2, 0.25) is 0 Å². The first-order valence-electron chi connectivity index (χ1n) is 4.04. The highest BCUT2D eigenvalue weighted by molar-refractivity contribution is 6.29. The van der Waals surface area contributed by atoms with E-state index in [0.717, 1.165) is 0 Å². The first-order valence-corrected chi connectivity index (χ1v) is 4.42. The Morgan fingerprint density at radius 3 is 2.93 bits per heavy atom. The van der Waals surface area contributed by atoms with Crippen LogP contribution in [-0.4, -0.2) is 22.5 Å². The van der Waals surface area contributed by atoms with Crippen LogP contribution in [0.15, 0.2) is 18.5 Å². The van der Waals surface area contributed by atoms with Gasteiger partial charge in [0.1, 0.15) is 5.15 Å². The van der Waals surface area contributed by atoms with Crippen molar-refractivity contribution in [2.24, 2.45) is 0 Å². The smallest absolute Gasteiger partial charge is 0.330 e. The second-order valence-corrected chi connectivity index (χ2v) is 2.74. The van der Waals surface area contributed by atoms with Crippen LogP contribution in [0.2, 0.25) is 5.15 Å². The van der Waals surface area contributed by atoms with Crippen LogP contribution in [0.1, 0.15) is 12.6 Å². The molecule has 0 fully saturated rings. The number of hydrogen-bond acceptors (Lipinski definition) is 4. The third-order valence-electron chi connectivity index (χ3n) is 1.32. The number of rotatable bonds is 3. The van der Waals surface area contributed by atoms with Crippen LogP contribution in [0.5, 0.6) is 0 Å². The molecule has 0 atom stereocenters. The zero-order valence-corrected chi connectivity index (χ0v) is 8.36. The van der Waals surface area contributed by atoms with Crippen molar-refractivity contribution in [2.45, 2.75) is 6.92 Å². The fraction of sp³-hybridized carbons (Fsp3) is 0.222. The third kappa shape index (κ3) is 3.53. The number of esters is 1. The largest absolute Gasteiger partial charge is 0.463 e. The number of nitrogens with zero attached hydrogens (tertiary/aromatic N) is 2. The highest BCUT2D eigenvalue weighted by Crippen LogP contribution is 2.02. The van der Waals surface area contributed by atoms with Gasteiger partial charge in [-0.1, -0.05) is 11.6 Å². The molecule has 0 aliphatic carbocycles. The van der Waals surface area contributed by atoms with Crippen molar-refractivity contribution >= 4 is 23.6 Å². The van der Waals surface area contributed by atoms with Gasteiger partial charge in [0.25, 0.3) is 0 Å². The Labute approximate surface area is 86.6 Å². The van der Waals surface area contributed by atoms with Crippen molar-refractivity contribution < 1.29 is 9.53 Å². The average molecular weight is 213 g/mol. The number of aromatic nitrogens is 2. The van der Waals surface area contributed by atoms with E-state index < -0.39 is 5.97 Å². The molecule has 0 radical (unpaired) electrons. The van der Waals surface area contributed by atoms with E-state index in [1.165, 1.54) is 24.5 Å². The van der Waals surface area contributed by atoms with Crippen LogP contribution >= 0.6 is 11.6 Å². The van der Waals surface area contributed by atoms with Gasteiger partial charge >= 0.3 is 5.97 Å². The molecule has 1 aromatic rings. The Morgan fingerprint density at radius 2 is 2.36 bits per heavy atom. The summed E-state index contributed by atoms with van der Waals surface area (Å²) in [5.41, 5.74) is 0.558. The van der Waals surface area contributed by atoms with Gasteiger partial charge < -0.3 is 4.74 Å². The summed E-state index contributed by atoms with van der Waals surface area (Å²) in [7, 11) is 0. The van der Waals surface area contributed by atoms with Gasteiger partial charge in [-0.05, 0) is 13.0 Å². The van der Waals surface area contributed by atoms with Gasteiger partial charge in [0, 0.05) is 6.08 Å². The highest BCUT2D eigenvalue weighted by Gasteiger charge is 1.95. The molecule has 0 aliphatic rings. The molecule has 5 heteroatoms. The topological polar surface area (TPSA) is 52.1 Å². The lowest BCUT2D eigenvalue weighted by Gasteiger charge is -1.94. The zero-order chi connectivity index (χ0) is 10.4. The lowest BCUT2D eigenvalue weighted by Crippen LogP contribution is -1.98. The van der Waals surface area contributed by atoms with Crippen LogP contribution in [0.3, 0.4) is 0 Å². The molecular formula is C9H9ClN2O2. The van der Waals surface area contributed by atoms with Gasteiger partial charge in [-0.25, -0.2) is 9.78 Å². The highest BCUT2D eigenvalue weighted by atomic mass is 35.5. The molecule has 1 aromatic heterocycles. The number of hydrogen-bond donors (Lipinski definition) is 0. The van der Waals surface area contributed by atoms with Crippen molar-refractivity contribution in [3.63, 3.8) is 0 Å². The number of halogens is 1. The summed E-state index contributed by atoms with van der Waals surface area (Å²) < 4.78 is 4.69. The lowest BCUT2D eigenvalue weighted by atomic mass is 10.4. The van der Waals surface area contributed by atoms with Crippen molar-refractivity contribution in [3.8, 4) is 0 Å². The normalized spacial score (nSPS) is 10.4. The molecule has 0 aliphatic heterocycles. The summed E-state index contributed by atoms with van der Waals surface area (Å²) in [5.74, 6) is -0.399. The summed E-state index contributed by atoms with van der Waals surface area (Å²) >= 11 is 5.53. The van der Waals surface area contributed by atoms with E-state index in [1.54, 1.807) is 6.92 Å². The maximum atomic E-state index is 10.9. The van der Waals surface area contributed by atoms with Crippen molar-refractivity contribution in [1.29, 1.82) is 0 Å². The van der Waals surface area contributed by atoms with E-state index in [-0.39, 0.29) is 0 Å². The average Bonchev–Trinajstić information content (AvgIpc) is 2.17. The lowest BCUT2D eigenvalue weighted by molar-refractivity contribution is -0.137. The molecule has 0 bridgehead atoms. The molecule has 0 unspecified atom stereocenters. The van der Waals surface area contributed by atoms with Crippen molar-refractivity contribution in [1.82, 2.24) is 9.97 Å². The molecule has 0 N–H and O–H groups in total. The minimum absolute atomic E-state index is 0.318. The second-order valence-electron chi connectivity index (χ2n) is 2.35. The molecule has 1 rings (SSSR count). The van der Waals surface area contributed by atoms with Gasteiger partial charge in [-0.3, -0.25) is 4.98 Å². The quantitative estimate of drug-likeness (QED) is 0.565. The van der Waals surface area contributed by atoms with Crippen LogP contribution in [0.4, 0.5) is 0 Å². The minimum Gasteiger partial charge on any atom is -0.463 e. The molecule has 0 saturated carbocycles. The maximum Gasteiger partial charge on any atom is 0.330 e. The van der Waals surface area contributed by atoms with Crippen LogP contribution in [0, 0.1) is 0 Å². The number of carbonyl (C=O) groups is 1. The van der Waals surface area contributed by atoms with Gasteiger partial charge in [-0.2, -0.15) is 0 Å². The molecule has 0 amide bonds. The SMILES string of the molecule is CCOC(=O)C=Cc1cnc(Cl)cn1. The zero-order valence-electron chi connectivity index (χ0n) is 7.61. The van der Waals surface area contributed by atoms with Crippen molar-refractivity contribution in [3.05, 3.63) is 29.3 Å². The van der Waals surface area contributed by atoms with Gasteiger partial charge in [0.15, 0.2) is 0 Å².